The average Bonchev–Trinajstić information content (AvgIpc) is 2.38. The molecule has 0 bridgehead atoms. The molecule has 0 aliphatic carbocycles. The molecular weight excluding hydrogens is 230 g/mol. The van der Waals surface area contributed by atoms with E-state index in [1.54, 1.807) is 0 Å². The number of hydrogen-bond donors (Lipinski definition) is 1. The first kappa shape index (κ1) is 13.8. The molecule has 0 fully saturated rings. The van der Waals surface area contributed by atoms with Gasteiger partial charge in [0, 0.05) is 12.6 Å². The molecule has 2 rings (SSSR count). The predicted octanol–water partition coefficient (Wildman–Crippen LogP) is 4.47. The third kappa shape index (κ3) is 3.45. The molecule has 0 saturated carbocycles. The van der Waals surface area contributed by atoms with Crippen LogP contribution in [-0.4, -0.2) is 6.04 Å². The fourth-order valence-corrected chi connectivity index (χ4v) is 2.34. The predicted molar refractivity (Wildman–Crippen MR) is 83.3 cm³/mol. The molecule has 1 nitrogen and oxygen atoms in total. The van der Waals surface area contributed by atoms with Gasteiger partial charge in [0.2, 0.25) is 0 Å². The van der Waals surface area contributed by atoms with Gasteiger partial charge >= 0.3 is 0 Å². The topological polar surface area (TPSA) is 12.0 Å². The van der Waals surface area contributed by atoms with E-state index in [4.69, 9.17) is 0 Å². The Balaban J connectivity index is 2.27. The van der Waals surface area contributed by atoms with Crippen LogP contribution >= 0.6 is 0 Å². The lowest BCUT2D eigenvalue weighted by Gasteiger charge is -2.13. The Kier molecular flexibility index (Phi) is 4.39. The molecule has 2 aromatic carbocycles. The van der Waals surface area contributed by atoms with Crippen molar-refractivity contribution in [3.05, 3.63) is 59.2 Å². The highest BCUT2D eigenvalue weighted by Gasteiger charge is 2.05. The van der Waals surface area contributed by atoms with Gasteiger partial charge in [-0.3, -0.25) is 0 Å². The van der Waals surface area contributed by atoms with E-state index in [-0.39, 0.29) is 0 Å². The molecule has 0 radical (unpaired) electrons. The normalized spacial score (nSPS) is 11.0. The Bertz CT molecular complexity index is 555. The SMILES string of the molecule is Cc1ccccc1-c1ccc(CNC(C)C)cc1C. The van der Waals surface area contributed by atoms with Crippen LogP contribution in [0.2, 0.25) is 0 Å². The number of nitrogens with one attached hydrogen (secondary N) is 1. The zero-order chi connectivity index (χ0) is 13.8. The Hall–Kier alpha value is -1.60. The van der Waals surface area contributed by atoms with Gasteiger partial charge in [-0.2, -0.15) is 0 Å². The highest BCUT2D eigenvalue weighted by Crippen LogP contribution is 2.27. The Morgan fingerprint density at radius 1 is 0.895 bits per heavy atom. The molecule has 0 aliphatic heterocycles. The summed E-state index contributed by atoms with van der Waals surface area (Å²) in [5.41, 5.74) is 6.70. The molecule has 0 spiro atoms. The zero-order valence-electron chi connectivity index (χ0n) is 12.3. The van der Waals surface area contributed by atoms with Gasteiger partial charge in [-0.25, -0.2) is 0 Å². The van der Waals surface area contributed by atoms with Crippen molar-refractivity contribution >= 4 is 0 Å². The van der Waals surface area contributed by atoms with Crippen molar-refractivity contribution in [1.29, 1.82) is 0 Å². The number of aryl methyl sites for hydroxylation is 2. The summed E-state index contributed by atoms with van der Waals surface area (Å²) >= 11 is 0. The van der Waals surface area contributed by atoms with Crippen molar-refractivity contribution in [3.63, 3.8) is 0 Å². The minimum absolute atomic E-state index is 0.524. The lowest BCUT2D eigenvalue weighted by Crippen LogP contribution is -2.21. The number of benzene rings is 2. The molecule has 100 valence electrons. The zero-order valence-corrected chi connectivity index (χ0v) is 12.3. The summed E-state index contributed by atoms with van der Waals surface area (Å²) in [6.45, 7) is 9.65. The molecule has 19 heavy (non-hydrogen) atoms. The quantitative estimate of drug-likeness (QED) is 0.847. The first-order valence-corrected chi connectivity index (χ1v) is 6.97. The van der Waals surface area contributed by atoms with Crippen LogP contribution in [-0.2, 0) is 6.54 Å². The van der Waals surface area contributed by atoms with Crippen molar-refractivity contribution < 1.29 is 0 Å². The molecule has 0 amide bonds. The fourth-order valence-electron chi connectivity index (χ4n) is 2.34. The van der Waals surface area contributed by atoms with E-state index in [1.807, 2.05) is 0 Å². The van der Waals surface area contributed by atoms with E-state index in [1.165, 1.54) is 27.8 Å². The van der Waals surface area contributed by atoms with Crippen LogP contribution in [0.1, 0.15) is 30.5 Å². The van der Waals surface area contributed by atoms with Crippen LogP contribution in [0.5, 0.6) is 0 Å². The maximum absolute atomic E-state index is 3.46. The van der Waals surface area contributed by atoms with Crippen LogP contribution in [0, 0.1) is 13.8 Å². The second-order valence-electron chi connectivity index (χ2n) is 5.50. The van der Waals surface area contributed by atoms with Gasteiger partial charge in [-0.15, -0.1) is 0 Å². The first-order valence-electron chi connectivity index (χ1n) is 6.97. The van der Waals surface area contributed by atoms with Gasteiger partial charge in [-0.05, 0) is 41.7 Å². The van der Waals surface area contributed by atoms with Gasteiger partial charge < -0.3 is 5.32 Å². The van der Waals surface area contributed by atoms with Crippen LogP contribution in [0.3, 0.4) is 0 Å². The molecule has 0 unspecified atom stereocenters. The van der Waals surface area contributed by atoms with Crippen LogP contribution in [0.4, 0.5) is 0 Å². The summed E-state index contributed by atoms with van der Waals surface area (Å²) in [6.07, 6.45) is 0. The lowest BCUT2D eigenvalue weighted by atomic mass is 9.95. The van der Waals surface area contributed by atoms with E-state index in [0.717, 1.165) is 6.54 Å². The molecule has 2 aromatic rings. The molecule has 1 heteroatoms. The van der Waals surface area contributed by atoms with Crippen molar-refractivity contribution in [2.45, 2.75) is 40.3 Å². The summed E-state index contributed by atoms with van der Waals surface area (Å²) in [7, 11) is 0. The maximum atomic E-state index is 3.46. The van der Waals surface area contributed by atoms with E-state index in [2.05, 4.69) is 75.5 Å². The van der Waals surface area contributed by atoms with E-state index < -0.39 is 0 Å². The molecule has 0 atom stereocenters. The summed E-state index contributed by atoms with van der Waals surface area (Å²) in [4.78, 5) is 0. The third-order valence-electron chi connectivity index (χ3n) is 3.44. The maximum Gasteiger partial charge on any atom is 0.0207 e. The molecule has 0 aromatic heterocycles. The summed E-state index contributed by atoms with van der Waals surface area (Å²) in [5.74, 6) is 0. The molecule has 0 heterocycles. The van der Waals surface area contributed by atoms with Crippen LogP contribution in [0.15, 0.2) is 42.5 Å². The highest BCUT2D eigenvalue weighted by atomic mass is 14.9. The minimum atomic E-state index is 0.524. The van der Waals surface area contributed by atoms with Crippen LogP contribution in [0.25, 0.3) is 11.1 Å². The first-order chi connectivity index (χ1) is 9.08. The van der Waals surface area contributed by atoms with Crippen molar-refractivity contribution in [3.8, 4) is 11.1 Å². The van der Waals surface area contributed by atoms with Gasteiger partial charge in [0.15, 0.2) is 0 Å². The smallest absolute Gasteiger partial charge is 0.0207 e. The number of rotatable bonds is 4. The van der Waals surface area contributed by atoms with Gasteiger partial charge in [0.25, 0.3) is 0 Å². The molecule has 0 aliphatic rings. The van der Waals surface area contributed by atoms with Gasteiger partial charge in [0.1, 0.15) is 0 Å². The summed E-state index contributed by atoms with van der Waals surface area (Å²) < 4.78 is 0. The number of hydrogen-bond acceptors (Lipinski definition) is 1. The second kappa shape index (κ2) is 6.03. The third-order valence-corrected chi connectivity index (χ3v) is 3.44. The monoisotopic (exact) mass is 253 g/mol. The lowest BCUT2D eigenvalue weighted by molar-refractivity contribution is 0.589. The molecular formula is C18H23N. The van der Waals surface area contributed by atoms with Crippen LogP contribution < -0.4 is 5.32 Å². The average molecular weight is 253 g/mol. The molecule has 0 saturated heterocycles. The highest BCUT2D eigenvalue weighted by molar-refractivity contribution is 5.70. The Labute approximate surface area is 116 Å². The van der Waals surface area contributed by atoms with Crippen molar-refractivity contribution in [1.82, 2.24) is 5.32 Å². The second-order valence-corrected chi connectivity index (χ2v) is 5.50. The van der Waals surface area contributed by atoms with Gasteiger partial charge in [0.05, 0.1) is 0 Å². The van der Waals surface area contributed by atoms with Gasteiger partial charge in [-0.1, -0.05) is 56.3 Å². The van der Waals surface area contributed by atoms with E-state index >= 15 is 0 Å². The summed E-state index contributed by atoms with van der Waals surface area (Å²) in [6, 6.07) is 15.9. The molecule has 1 N–H and O–H groups in total. The Morgan fingerprint density at radius 2 is 1.58 bits per heavy atom. The van der Waals surface area contributed by atoms with Crippen molar-refractivity contribution in [2.75, 3.05) is 0 Å². The van der Waals surface area contributed by atoms with E-state index in [0.29, 0.717) is 6.04 Å². The fraction of sp³-hybridized carbons (Fsp3) is 0.333. The standard InChI is InChI=1S/C18H23N/c1-13(2)19-12-16-9-10-18(15(4)11-16)17-8-6-5-7-14(17)3/h5-11,13,19H,12H2,1-4H3. The van der Waals surface area contributed by atoms with Crippen molar-refractivity contribution in [2.24, 2.45) is 0 Å². The summed E-state index contributed by atoms with van der Waals surface area (Å²) in [5, 5.41) is 3.46. The van der Waals surface area contributed by atoms with E-state index in [9.17, 15) is 0 Å². The minimum Gasteiger partial charge on any atom is -0.310 e. The Morgan fingerprint density at radius 3 is 2.21 bits per heavy atom. The largest absolute Gasteiger partial charge is 0.310 e.